The molecule has 0 aliphatic heterocycles. The molecule has 5 aliphatic rings. The lowest BCUT2D eigenvalue weighted by Gasteiger charge is -2.74. The molecule has 0 radical (unpaired) electrons. The topological polar surface area (TPSA) is 40.5 Å². The summed E-state index contributed by atoms with van der Waals surface area (Å²) in [4.78, 5) is 0. The molecule has 5 fully saturated rings. The van der Waals surface area contributed by atoms with Gasteiger partial charge in [-0.25, -0.2) is 0 Å². The van der Waals surface area contributed by atoms with Crippen LogP contribution in [0.2, 0.25) is 0 Å². The van der Waals surface area contributed by atoms with Crippen molar-refractivity contribution >= 4 is 0 Å². The van der Waals surface area contributed by atoms with Crippen molar-refractivity contribution < 1.29 is 10.2 Å². The summed E-state index contributed by atoms with van der Waals surface area (Å²) in [5.74, 6) is 2.92. The minimum atomic E-state index is -0.643. The molecule has 184 valence electrons. The lowest BCUT2D eigenvalue weighted by atomic mass is 9.31. The Labute approximate surface area is 198 Å². The average molecular weight is 445 g/mol. The second kappa shape index (κ2) is 6.77. The number of aliphatic hydroxyl groups excluding tert-OH is 1. The Morgan fingerprint density at radius 2 is 1.38 bits per heavy atom. The number of rotatable bonds is 1. The summed E-state index contributed by atoms with van der Waals surface area (Å²) in [5, 5.41) is 23.0. The Morgan fingerprint density at radius 1 is 0.719 bits per heavy atom. The van der Waals surface area contributed by atoms with Gasteiger partial charge in [0.05, 0.1) is 11.7 Å². The van der Waals surface area contributed by atoms with Crippen molar-refractivity contribution in [3.63, 3.8) is 0 Å². The summed E-state index contributed by atoms with van der Waals surface area (Å²) in [6, 6.07) is 0. The van der Waals surface area contributed by atoms with Gasteiger partial charge in [0.1, 0.15) is 0 Å². The highest BCUT2D eigenvalue weighted by molar-refractivity contribution is 5.21. The fraction of sp³-hybridized carbons (Fsp3) is 1.00. The molecule has 2 N–H and O–H groups in total. The second-order valence-electron chi connectivity index (χ2n) is 15.5. The van der Waals surface area contributed by atoms with Gasteiger partial charge in [0.15, 0.2) is 0 Å². The lowest BCUT2D eigenvalue weighted by Crippen LogP contribution is -2.69. The van der Waals surface area contributed by atoms with E-state index in [1.54, 1.807) is 0 Å². The Kier molecular flexibility index (Phi) is 5.01. The van der Waals surface area contributed by atoms with Crippen LogP contribution >= 0.6 is 0 Å². The molecule has 0 saturated heterocycles. The summed E-state index contributed by atoms with van der Waals surface area (Å²) < 4.78 is 0. The smallest absolute Gasteiger partial charge is 0.0622 e. The van der Waals surface area contributed by atoms with Gasteiger partial charge in [-0.05, 0) is 123 Å². The van der Waals surface area contributed by atoms with Crippen LogP contribution in [0.15, 0.2) is 0 Å². The van der Waals surface area contributed by atoms with Gasteiger partial charge in [0, 0.05) is 5.41 Å². The maximum absolute atomic E-state index is 12.0. The maximum Gasteiger partial charge on any atom is 0.0622 e. The maximum atomic E-state index is 12.0. The Morgan fingerprint density at radius 3 is 2.03 bits per heavy atom. The molecule has 10 atom stereocenters. The van der Waals surface area contributed by atoms with E-state index in [9.17, 15) is 10.2 Å². The van der Waals surface area contributed by atoms with Crippen molar-refractivity contribution in [2.75, 3.05) is 0 Å². The van der Waals surface area contributed by atoms with Crippen LogP contribution in [0.5, 0.6) is 0 Å². The predicted octanol–water partition coefficient (Wildman–Crippen LogP) is 7.22. The standard InChI is InChI=1S/C30H52O2/c1-25(2)14-9-15-28(6)21(25)13-17-29(7)22(28)10-11-23-27(5)16-12-19(26(3,4)32)20(27)18-24(31)30(23,29)8/h19-24,31-32H,9-18H2,1-8H3/t19-,20+,21+,22-,23-,24+,27+,28+,29-,30+/m1/s1. The van der Waals surface area contributed by atoms with Gasteiger partial charge in [-0.3, -0.25) is 0 Å². The molecule has 32 heavy (non-hydrogen) atoms. The number of aliphatic hydroxyl groups is 2. The third-order valence-corrected chi connectivity index (χ3v) is 13.7. The largest absolute Gasteiger partial charge is 0.393 e. The van der Waals surface area contributed by atoms with Crippen molar-refractivity contribution in [1.82, 2.24) is 0 Å². The first kappa shape index (κ1) is 23.7. The molecule has 0 amide bonds. The van der Waals surface area contributed by atoms with Gasteiger partial charge < -0.3 is 10.2 Å². The van der Waals surface area contributed by atoms with Crippen molar-refractivity contribution in [2.24, 2.45) is 56.7 Å². The van der Waals surface area contributed by atoms with Crippen LogP contribution in [-0.2, 0) is 0 Å². The minimum absolute atomic E-state index is 0.00871. The van der Waals surface area contributed by atoms with E-state index in [1.807, 2.05) is 13.8 Å². The number of hydrogen-bond acceptors (Lipinski definition) is 2. The minimum Gasteiger partial charge on any atom is -0.393 e. The van der Waals surface area contributed by atoms with Crippen LogP contribution in [0.25, 0.3) is 0 Å². The molecule has 2 nitrogen and oxygen atoms in total. The fourth-order valence-electron chi connectivity index (χ4n) is 12.1. The third-order valence-electron chi connectivity index (χ3n) is 13.7. The number of fused-ring (bicyclic) bond motifs is 7. The van der Waals surface area contributed by atoms with E-state index in [4.69, 9.17) is 0 Å². The van der Waals surface area contributed by atoms with Crippen LogP contribution < -0.4 is 0 Å². The van der Waals surface area contributed by atoms with Gasteiger partial charge in [0.2, 0.25) is 0 Å². The quantitative estimate of drug-likeness (QED) is 0.448. The molecule has 0 spiro atoms. The van der Waals surface area contributed by atoms with Crippen LogP contribution in [0.1, 0.15) is 120 Å². The molecule has 0 heterocycles. The first-order valence-corrected chi connectivity index (χ1v) is 14.0. The molecule has 5 saturated carbocycles. The predicted molar refractivity (Wildman–Crippen MR) is 132 cm³/mol. The van der Waals surface area contributed by atoms with E-state index in [0.717, 1.165) is 24.7 Å². The highest BCUT2D eigenvalue weighted by Crippen LogP contribution is 2.78. The van der Waals surface area contributed by atoms with E-state index in [0.29, 0.717) is 28.6 Å². The summed E-state index contributed by atoms with van der Waals surface area (Å²) in [7, 11) is 0. The molecule has 0 aromatic rings. The molecule has 0 unspecified atom stereocenters. The van der Waals surface area contributed by atoms with Crippen molar-refractivity contribution in [1.29, 1.82) is 0 Å². The molecular weight excluding hydrogens is 392 g/mol. The Balaban J connectivity index is 1.56. The third kappa shape index (κ3) is 2.72. The van der Waals surface area contributed by atoms with Crippen molar-refractivity contribution in [3.8, 4) is 0 Å². The summed E-state index contributed by atoms with van der Waals surface area (Å²) >= 11 is 0. The van der Waals surface area contributed by atoms with E-state index >= 15 is 0 Å². The normalized spacial score (nSPS) is 57.2. The molecule has 0 bridgehead atoms. The SMILES string of the molecule is CC(C)(O)[C@@H]1CC[C@]2(C)[C@H]3CC[C@@H]4[C@@]5(C)CCCC(C)(C)[C@@H]5CC[C@@]4(C)[C@]3(C)[C@@H](O)C[C@@H]12. The summed E-state index contributed by atoms with van der Waals surface area (Å²) in [5.41, 5.74) is 0.706. The zero-order valence-corrected chi connectivity index (χ0v) is 22.4. The van der Waals surface area contributed by atoms with Gasteiger partial charge >= 0.3 is 0 Å². The van der Waals surface area contributed by atoms with Crippen LogP contribution in [0.3, 0.4) is 0 Å². The first-order chi connectivity index (χ1) is 14.6. The molecule has 2 heteroatoms. The molecule has 0 aromatic carbocycles. The monoisotopic (exact) mass is 444 g/mol. The Bertz CT molecular complexity index is 765. The van der Waals surface area contributed by atoms with Gasteiger partial charge in [-0.15, -0.1) is 0 Å². The molecule has 5 aliphatic carbocycles. The molecular formula is C30H52O2. The van der Waals surface area contributed by atoms with E-state index in [2.05, 4.69) is 41.5 Å². The van der Waals surface area contributed by atoms with Crippen LogP contribution in [-0.4, -0.2) is 21.9 Å². The zero-order chi connectivity index (χ0) is 23.5. The average Bonchev–Trinajstić information content (AvgIpc) is 3.00. The lowest BCUT2D eigenvalue weighted by molar-refractivity contribution is -0.275. The summed E-state index contributed by atoms with van der Waals surface area (Å²) in [6.07, 6.45) is 12.4. The highest BCUT2D eigenvalue weighted by atomic mass is 16.3. The van der Waals surface area contributed by atoms with E-state index < -0.39 is 5.60 Å². The van der Waals surface area contributed by atoms with Gasteiger partial charge in [-0.1, -0.05) is 48.0 Å². The van der Waals surface area contributed by atoms with Gasteiger partial charge in [0.25, 0.3) is 0 Å². The van der Waals surface area contributed by atoms with E-state index in [-0.39, 0.29) is 22.3 Å². The second-order valence-corrected chi connectivity index (χ2v) is 15.5. The molecule has 5 rings (SSSR count). The van der Waals surface area contributed by atoms with Gasteiger partial charge in [-0.2, -0.15) is 0 Å². The van der Waals surface area contributed by atoms with Crippen molar-refractivity contribution in [2.45, 2.75) is 131 Å². The zero-order valence-electron chi connectivity index (χ0n) is 22.4. The van der Waals surface area contributed by atoms with Crippen molar-refractivity contribution in [3.05, 3.63) is 0 Å². The van der Waals surface area contributed by atoms with E-state index in [1.165, 1.54) is 51.4 Å². The first-order valence-electron chi connectivity index (χ1n) is 14.0. The van der Waals surface area contributed by atoms with Crippen LogP contribution in [0, 0.1) is 56.7 Å². The fourth-order valence-corrected chi connectivity index (χ4v) is 12.1. The molecule has 0 aromatic heterocycles. The Hall–Kier alpha value is -0.0800. The highest BCUT2D eigenvalue weighted by Gasteiger charge is 2.73. The van der Waals surface area contributed by atoms with Crippen LogP contribution in [0.4, 0.5) is 0 Å². The number of hydrogen-bond donors (Lipinski definition) is 2. The summed E-state index contributed by atoms with van der Waals surface area (Å²) in [6.45, 7) is 19.4.